The summed E-state index contributed by atoms with van der Waals surface area (Å²) in [7, 11) is 1.64. The van der Waals surface area contributed by atoms with Gasteiger partial charge in [-0.15, -0.1) is 0 Å². The molecule has 1 aromatic carbocycles. The molecule has 1 amide bonds. The van der Waals surface area contributed by atoms with Crippen LogP contribution in [0.25, 0.3) is 5.65 Å². The number of anilines is 1. The van der Waals surface area contributed by atoms with Crippen LogP contribution >= 0.6 is 0 Å². The molecule has 0 aliphatic carbocycles. The summed E-state index contributed by atoms with van der Waals surface area (Å²) in [6.07, 6.45) is 4.94. The fraction of sp³-hybridized carbons (Fsp3) is 0.222. The average Bonchev–Trinajstić information content (AvgIpc) is 2.92. The number of nitrogens with one attached hydrogen (secondary N) is 1. The van der Waals surface area contributed by atoms with Crippen molar-refractivity contribution in [1.29, 1.82) is 0 Å². The molecule has 0 atom stereocenters. The van der Waals surface area contributed by atoms with E-state index in [2.05, 4.69) is 10.3 Å². The lowest BCUT2D eigenvalue weighted by molar-refractivity contribution is -0.116. The van der Waals surface area contributed by atoms with Gasteiger partial charge in [0.05, 0.1) is 18.5 Å². The van der Waals surface area contributed by atoms with Crippen molar-refractivity contribution in [2.75, 3.05) is 12.4 Å². The first-order chi connectivity index (χ1) is 11.1. The van der Waals surface area contributed by atoms with Crippen LogP contribution in [0.3, 0.4) is 0 Å². The highest BCUT2D eigenvalue weighted by molar-refractivity contribution is 5.90. The van der Waals surface area contributed by atoms with Crippen LogP contribution in [-0.2, 0) is 11.2 Å². The fourth-order valence-corrected chi connectivity index (χ4v) is 2.47. The second kappa shape index (κ2) is 6.52. The lowest BCUT2D eigenvalue weighted by Crippen LogP contribution is -2.12. The number of nitrogens with zero attached hydrogens (tertiary/aromatic N) is 2. The van der Waals surface area contributed by atoms with Gasteiger partial charge in [-0.2, -0.15) is 0 Å². The van der Waals surface area contributed by atoms with Crippen LogP contribution in [0.1, 0.15) is 17.7 Å². The number of benzene rings is 1. The number of hydrogen-bond donors (Lipinski definition) is 1. The number of hydrogen-bond acceptors (Lipinski definition) is 3. The van der Waals surface area contributed by atoms with E-state index in [-0.39, 0.29) is 5.91 Å². The molecule has 0 fully saturated rings. The zero-order valence-corrected chi connectivity index (χ0v) is 13.2. The van der Waals surface area contributed by atoms with Crippen molar-refractivity contribution in [2.24, 2.45) is 0 Å². The largest absolute Gasteiger partial charge is 0.497 e. The van der Waals surface area contributed by atoms with Crippen molar-refractivity contribution in [2.45, 2.75) is 19.8 Å². The summed E-state index contributed by atoms with van der Waals surface area (Å²) in [5.74, 6) is 0.819. The quantitative estimate of drug-likeness (QED) is 0.787. The average molecular weight is 309 g/mol. The Balaban J connectivity index is 1.59. The van der Waals surface area contributed by atoms with Crippen molar-refractivity contribution in [3.63, 3.8) is 0 Å². The summed E-state index contributed by atoms with van der Waals surface area (Å²) >= 11 is 0. The van der Waals surface area contributed by atoms with Crippen molar-refractivity contribution in [3.8, 4) is 5.75 Å². The summed E-state index contributed by atoms with van der Waals surface area (Å²) < 4.78 is 7.04. The van der Waals surface area contributed by atoms with Gasteiger partial charge in [0.15, 0.2) is 0 Å². The Morgan fingerprint density at radius 1 is 1.17 bits per heavy atom. The molecule has 0 aliphatic heterocycles. The number of carbonyl (C=O) groups is 1. The standard InChI is InChI=1S/C18H19N3O2/c1-13-11-21-12-15(6-9-17(21)19-13)20-18(22)10-5-14-3-7-16(23-2)8-4-14/h3-4,6-9,11-12H,5,10H2,1-2H3,(H,20,22). The lowest BCUT2D eigenvalue weighted by atomic mass is 10.1. The first kappa shape index (κ1) is 15.1. The third kappa shape index (κ3) is 3.69. The molecule has 23 heavy (non-hydrogen) atoms. The Morgan fingerprint density at radius 3 is 2.70 bits per heavy atom. The Kier molecular flexibility index (Phi) is 4.28. The van der Waals surface area contributed by atoms with Gasteiger partial charge in [-0.1, -0.05) is 12.1 Å². The number of methoxy groups -OCH3 is 1. The number of amides is 1. The predicted octanol–water partition coefficient (Wildman–Crippen LogP) is 3.22. The summed E-state index contributed by atoms with van der Waals surface area (Å²) in [4.78, 5) is 16.5. The van der Waals surface area contributed by atoms with Crippen molar-refractivity contribution in [1.82, 2.24) is 9.38 Å². The van der Waals surface area contributed by atoms with Crippen LogP contribution in [0, 0.1) is 6.92 Å². The highest BCUT2D eigenvalue weighted by Crippen LogP contribution is 2.14. The smallest absolute Gasteiger partial charge is 0.224 e. The van der Waals surface area contributed by atoms with Gasteiger partial charge in [0.25, 0.3) is 0 Å². The normalized spacial score (nSPS) is 10.7. The monoisotopic (exact) mass is 309 g/mol. The van der Waals surface area contributed by atoms with Gasteiger partial charge < -0.3 is 14.5 Å². The number of aromatic nitrogens is 2. The number of ether oxygens (including phenoxy) is 1. The second-order valence-corrected chi connectivity index (χ2v) is 5.46. The molecule has 0 aliphatic rings. The van der Waals surface area contributed by atoms with E-state index in [0.717, 1.165) is 28.3 Å². The molecule has 0 bridgehead atoms. The molecule has 0 saturated carbocycles. The van der Waals surface area contributed by atoms with E-state index in [4.69, 9.17) is 4.74 Å². The molecule has 2 heterocycles. The first-order valence-corrected chi connectivity index (χ1v) is 7.52. The van der Waals surface area contributed by atoms with E-state index < -0.39 is 0 Å². The zero-order chi connectivity index (χ0) is 16.2. The number of aryl methyl sites for hydroxylation is 2. The molecule has 0 spiro atoms. The van der Waals surface area contributed by atoms with Crippen molar-refractivity contribution >= 4 is 17.2 Å². The Hall–Kier alpha value is -2.82. The van der Waals surface area contributed by atoms with Crippen LogP contribution < -0.4 is 10.1 Å². The molecule has 1 N–H and O–H groups in total. The van der Waals surface area contributed by atoms with Gasteiger partial charge in [0.1, 0.15) is 11.4 Å². The van der Waals surface area contributed by atoms with Gasteiger partial charge in [-0.25, -0.2) is 4.98 Å². The number of rotatable bonds is 5. The van der Waals surface area contributed by atoms with Gasteiger partial charge in [0, 0.05) is 18.8 Å². The van der Waals surface area contributed by atoms with E-state index in [1.165, 1.54) is 0 Å². The zero-order valence-electron chi connectivity index (χ0n) is 13.2. The van der Waals surface area contributed by atoms with Gasteiger partial charge in [-0.05, 0) is 43.2 Å². The highest BCUT2D eigenvalue weighted by atomic mass is 16.5. The molecule has 3 rings (SSSR count). The molecule has 0 radical (unpaired) electrons. The van der Waals surface area contributed by atoms with E-state index in [1.807, 2.05) is 60.1 Å². The maximum atomic E-state index is 12.1. The molecule has 0 saturated heterocycles. The van der Waals surface area contributed by atoms with Crippen LogP contribution in [0.5, 0.6) is 5.75 Å². The molecule has 5 nitrogen and oxygen atoms in total. The number of carbonyl (C=O) groups excluding carboxylic acids is 1. The number of pyridine rings is 1. The van der Waals surface area contributed by atoms with Crippen LogP contribution in [0.2, 0.25) is 0 Å². The second-order valence-electron chi connectivity index (χ2n) is 5.46. The maximum absolute atomic E-state index is 12.1. The summed E-state index contributed by atoms with van der Waals surface area (Å²) in [5, 5.41) is 2.92. The molecule has 2 aromatic heterocycles. The first-order valence-electron chi connectivity index (χ1n) is 7.52. The van der Waals surface area contributed by atoms with Crippen LogP contribution in [-0.4, -0.2) is 22.4 Å². The van der Waals surface area contributed by atoms with E-state index >= 15 is 0 Å². The molecular weight excluding hydrogens is 290 g/mol. The fourth-order valence-electron chi connectivity index (χ4n) is 2.47. The SMILES string of the molecule is COc1ccc(CCC(=O)Nc2ccc3nc(C)cn3c2)cc1. The third-order valence-corrected chi connectivity index (χ3v) is 3.66. The maximum Gasteiger partial charge on any atom is 0.224 e. The number of fused-ring (bicyclic) bond motifs is 1. The molecular formula is C18H19N3O2. The van der Waals surface area contributed by atoms with Gasteiger partial charge >= 0.3 is 0 Å². The summed E-state index contributed by atoms with van der Waals surface area (Å²) in [5.41, 5.74) is 3.71. The summed E-state index contributed by atoms with van der Waals surface area (Å²) in [6.45, 7) is 1.94. The number of imidazole rings is 1. The Labute approximate surface area is 134 Å². The summed E-state index contributed by atoms with van der Waals surface area (Å²) in [6, 6.07) is 11.5. The lowest BCUT2D eigenvalue weighted by Gasteiger charge is -2.06. The molecule has 3 aromatic rings. The molecule has 0 unspecified atom stereocenters. The molecule has 5 heteroatoms. The topological polar surface area (TPSA) is 55.6 Å². The van der Waals surface area contributed by atoms with Crippen molar-refractivity contribution in [3.05, 3.63) is 60.0 Å². The van der Waals surface area contributed by atoms with E-state index in [0.29, 0.717) is 12.8 Å². The minimum atomic E-state index is -0.00277. The van der Waals surface area contributed by atoms with E-state index in [1.54, 1.807) is 7.11 Å². The Bertz CT molecular complexity index is 822. The Morgan fingerprint density at radius 2 is 1.96 bits per heavy atom. The minimum Gasteiger partial charge on any atom is -0.497 e. The predicted molar refractivity (Wildman–Crippen MR) is 89.9 cm³/mol. The molecule has 118 valence electrons. The van der Waals surface area contributed by atoms with Gasteiger partial charge in [-0.3, -0.25) is 4.79 Å². The van der Waals surface area contributed by atoms with Crippen molar-refractivity contribution < 1.29 is 9.53 Å². The third-order valence-electron chi connectivity index (χ3n) is 3.66. The minimum absolute atomic E-state index is 0.00277. The van der Waals surface area contributed by atoms with Crippen LogP contribution in [0.15, 0.2) is 48.8 Å². The highest BCUT2D eigenvalue weighted by Gasteiger charge is 2.05. The van der Waals surface area contributed by atoms with Gasteiger partial charge in [0.2, 0.25) is 5.91 Å². The van der Waals surface area contributed by atoms with E-state index in [9.17, 15) is 4.79 Å². The van der Waals surface area contributed by atoms with Crippen LogP contribution in [0.4, 0.5) is 5.69 Å².